The van der Waals surface area contributed by atoms with Crippen LogP contribution in [0, 0.1) is 12.3 Å². The number of nitrogens with one attached hydrogen (secondary N) is 5. The van der Waals surface area contributed by atoms with Gasteiger partial charge in [-0.25, -0.2) is 4.98 Å². The lowest BCUT2D eigenvalue weighted by Gasteiger charge is -2.35. The number of benzene rings is 1. The first-order valence-electron chi connectivity index (χ1n) is 16.5. The standard InChI is InChI=1S/C33H46ClN9O8S2/c1-16-26(53-15-38-16)18-7-5-17(6-8-18)25(31(50)37-12-24(46)39-20(11-35)29(48)40-21(14-52)28(36)47)42-30(49)22-9-19(44)13-43(22)32(51)27(33(2,3)4)41-23(45)10-34/h5-8,15,19-22,25,27,44,52H,9-14,35H2,1-4H3,(H2,36,47)(H,37,50)(H,39,46)(H,40,48)(H,41,45)(H,42,49). The van der Waals surface area contributed by atoms with E-state index in [1.165, 1.54) is 11.3 Å². The number of nitrogens with two attached hydrogens (primary N) is 2. The molecule has 1 aromatic heterocycles. The molecule has 6 unspecified atom stereocenters. The number of likely N-dealkylation sites (tertiary alicyclic amines) is 1. The molecule has 7 amide bonds. The fraction of sp³-hybridized carbons (Fsp3) is 0.515. The highest BCUT2D eigenvalue weighted by Gasteiger charge is 2.45. The molecule has 2 heterocycles. The second kappa shape index (κ2) is 19.2. The molecule has 0 saturated carbocycles. The van der Waals surface area contributed by atoms with E-state index in [1.807, 2.05) is 6.92 Å². The average molecular weight is 796 g/mol. The Morgan fingerprint density at radius 3 is 2.21 bits per heavy atom. The van der Waals surface area contributed by atoms with Gasteiger partial charge < -0.3 is 48.1 Å². The van der Waals surface area contributed by atoms with Gasteiger partial charge in [-0.2, -0.15) is 12.6 Å². The number of β-amino-alcohol motifs (C(OH)–C–C–N with tert-alkyl or cyclic N) is 1. The average Bonchev–Trinajstić information content (AvgIpc) is 3.73. The quantitative estimate of drug-likeness (QED) is 0.0699. The number of alkyl halides is 1. The topological polar surface area (TPSA) is 268 Å². The highest BCUT2D eigenvalue weighted by molar-refractivity contribution is 7.80. The molecule has 1 saturated heterocycles. The fourth-order valence-electron chi connectivity index (χ4n) is 5.49. The Morgan fingerprint density at radius 2 is 1.68 bits per heavy atom. The maximum Gasteiger partial charge on any atom is 0.247 e. The Hall–Kier alpha value is -4.30. The van der Waals surface area contributed by atoms with Gasteiger partial charge in [0.15, 0.2) is 0 Å². The number of hydrogen-bond acceptors (Lipinski definition) is 12. The van der Waals surface area contributed by atoms with Gasteiger partial charge in [0.2, 0.25) is 41.4 Å². The number of aromatic nitrogens is 1. The Bertz CT molecular complexity index is 1670. The van der Waals surface area contributed by atoms with Crippen LogP contribution in [0.5, 0.6) is 0 Å². The van der Waals surface area contributed by atoms with Crippen LogP contribution in [-0.2, 0) is 33.6 Å². The van der Waals surface area contributed by atoms with Crippen LogP contribution >= 0.6 is 35.6 Å². The molecule has 0 aliphatic carbocycles. The summed E-state index contributed by atoms with van der Waals surface area (Å²) in [6.07, 6.45) is -1.22. The summed E-state index contributed by atoms with van der Waals surface area (Å²) >= 11 is 11.1. The third kappa shape index (κ3) is 11.6. The molecule has 1 fully saturated rings. The molecule has 53 heavy (non-hydrogen) atoms. The van der Waals surface area contributed by atoms with Crippen molar-refractivity contribution in [2.45, 2.75) is 70.4 Å². The highest BCUT2D eigenvalue weighted by atomic mass is 35.5. The number of nitrogens with zero attached hydrogens (tertiary/aromatic N) is 2. The molecule has 20 heteroatoms. The van der Waals surface area contributed by atoms with Crippen LogP contribution < -0.4 is 38.1 Å². The van der Waals surface area contributed by atoms with Gasteiger partial charge in [-0.05, 0) is 23.5 Å². The van der Waals surface area contributed by atoms with Crippen molar-refractivity contribution in [2.75, 3.05) is 31.3 Å². The molecule has 6 atom stereocenters. The minimum absolute atomic E-state index is 0.0895. The van der Waals surface area contributed by atoms with Gasteiger partial charge in [-0.1, -0.05) is 45.0 Å². The van der Waals surface area contributed by atoms with Crippen LogP contribution in [0.3, 0.4) is 0 Å². The molecule has 0 spiro atoms. The van der Waals surface area contributed by atoms with Gasteiger partial charge in [0.25, 0.3) is 0 Å². The number of aliphatic hydroxyl groups excluding tert-OH is 1. The van der Waals surface area contributed by atoms with Gasteiger partial charge in [0.05, 0.1) is 28.7 Å². The summed E-state index contributed by atoms with van der Waals surface area (Å²) < 4.78 is 0. The van der Waals surface area contributed by atoms with E-state index in [0.29, 0.717) is 5.56 Å². The van der Waals surface area contributed by atoms with Crippen LogP contribution in [0.1, 0.15) is 44.5 Å². The van der Waals surface area contributed by atoms with Crippen LogP contribution in [0.25, 0.3) is 10.4 Å². The van der Waals surface area contributed by atoms with E-state index in [4.69, 9.17) is 23.1 Å². The summed E-state index contributed by atoms with van der Waals surface area (Å²) in [6, 6.07) is 0.635. The number of hydrogen-bond donors (Lipinski definition) is 9. The Balaban J connectivity index is 1.85. The minimum Gasteiger partial charge on any atom is -0.391 e. The molecule has 17 nitrogen and oxygen atoms in total. The summed E-state index contributed by atoms with van der Waals surface area (Å²) in [4.78, 5) is 96.9. The summed E-state index contributed by atoms with van der Waals surface area (Å²) in [5.74, 6) is -5.72. The van der Waals surface area contributed by atoms with Crippen LogP contribution in [0.4, 0.5) is 0 Å². The first-order chi connectivity index (χ1) is 24.9. The predicted molar refractivity (Wildman–Crippen MR) is 200 cm³/mol. The Kier molecular flexibility index (Phi) is 15.6. The first-order valence-corrected chi connectivity index (χ1v) is 18.6. The Morgan fingerprint density at radius 1 is 1.02 bits per heavy atom. The van der Waals surface area contributed by atoms with E-state index < -0.39 is 95.5 Å². The van der Waals surface area contributed by atoms with Gasteiger partial charge in [-0.3, -0.25) is 33.6 Å². The number of thiol groups is 1. The van der Waals surface area contributed by atoms with Gasteiger partial charge >= 0.3 is 0 Å². The summed E-state index contributed by atoms with van der Waals surface area (Å²) in [6.45, 7) is 5.83. The Labute approximate surface area is 321 Å². The smallest absolute Gasteiger partial charge is 0.247 e. The molecule has 3 rings (SSSR count). The highest BCUT2D eigenvalue weighted by Crippen LogP contribution is 2.30. The normalized spacial score (nSPS) is 17.8. The van der Waals surface area contributed by atoms with E-state index in [0.717, 1.165) is 21.0 Å². The zero-order chi connectivity index (χ0) is 39.6. The van der Waals surface area contributed by atoms with Crippen molar-refractivity contribution in [3.8, 4) is 10.4 Å². The molecule has 0 bridgehead atoms. The van der Waals surface area contributed by atoms with Crippen molar-refractivity contribution in [2.24, 2.45) is 16.9 Å². The number of aryl methyl sites for hydroxylation is 1. The second-order valence-electron chi connectivity index (χ2n) is 13.4. The lowest BCUT2D eigenvalue weighted by atomic mass is 9.85. The third-order valence-electron chi connectivity index (χ3n) is 8.36. The van der Waals surface area contributed by atoms with Crippen LogP contribution in [0.15, 0.2) is 29.8 Å². The van der Waals surface area contributed by atoms with E-state index in [-0.39, 0.29) is 25.3 Å². The third-order valence-corrected chi connectivity index (χ3v) is 9.94. The van der Waals surface area contributed by atoms with Crippen molar-refractivity contribution >= 4 is 76.9 Å². The van der Waals surface area contributed by atoms with Crippen molar-refractivity contribution in [1.82, 2.24) is 36.5 Å². The second-order valence-corrected chi connectivity index (χ2v) is 14.9. The molecule has 0 radical (unpaired) electrons. The molecule has 10 N–H and O–H groups in total. The number of halogens is 1. The SMILES string of the molecule is Cc1ncsc1-c1ccc(C(NC(=O)C2CC(O)CN2C(=O)C(NC(=O)CCl)C(C)(C)C)C(=O)NCC(=O)NC(CN)C(=O)NC(CS)C(N)=O)cc1. The van der Waals surface area contributed by atoms with Crippen molar-refractivity contribution in [1.29, 1.82) is 0 Å². The molecule has 1 aliphatic heterocycles. The zero-order valence-electron chi connectivity index (χ0n) is 29.7. The number of rotatable bonds is 16. The monoisotopic (exact) mass is 795 g/mol. The summed E-state index contributed by atoms with van der Waals surface area (Å²) in [7, 11) is 0. The van der Waals surface area contributed by atoms with Crippen LogP contribution in [-0.4, -0.2) is 118 Å². The fourth-order valence-corrected chi connectivity index (χ4v) is 6.65. The van der Waals surface area contributed by atoms with Crippen molar-refractivity contribution in [3.63, 3.8) is 0 Å². The molecule has 1 aliphatic rings. The summed E-state index contributed by atoms with van der Waals surface area (Å²) in [5.41, 5.74) is 13.7. The number of thiazole rings is 1. The first kappa shape index (κ1) is 43.1. The number of primary amides is 1. The van der Waals surface area contributed by atoms with Crippen molar-refractivity contribution < 1.29 is 38.7 Å². The minimum atomic E-state index is -1.39. The van der Waals surface area contributed by atoms with Gasteiger partial charge in [-0.15, -0.1) is 22.9 Å². The molecule has 1 aromatic carbocycles. The van der Waals surface area contributed by atoms with Crippen LogP contribution in [0.2, 0.25) is 0 Å². The predicted octanol–water partition coefficient (Wildman–Crippen LogP) is -1.53. The largest absolute Gasteiger partial charge is 0.391 e. The maximum absolute atomic E-state index is 13.9. The molecule has 2 aromatic rings. The number of aliphatic hydroxyl groups is 1. The van der Waals surface area contributed by atoms with E-state index in [2.05, 4.69) is 44.2 Å². The lowest BCUT2D eigenvalue weighted by molar-refractivity contribution is -0.144. The number of carbonyl (C=O) groups is 7. The summed E-state index contributed by atoms with van der Waals surface area (Å²) in [5, 5.41) is 23.0. The van der Waals surface area contributed by atoms with Crippen molar-refractivity contribution in [3.05, 3.63) is 41.0 Å². The van der Waals surface area contributed by atoms with Gasteiger partial charge in [0.1, 0.15) is 36.1 Å². The number of amides is 7. The maximum atomic E-state index is 13.9. The lowest BCUT2D eigenvalue weighted by Crippen LogP contribution is -2.58. The van der Waals surface area contributed by atoms with E-state index in [1.54, 1.807) is 50.5 Å². The zero-order valence-corrected chi connectivity index (χ0v) is 32.1. The number of carbonyl (C=O) groups excluding carboxylic acids is 7. The molecular formula is C33H46ClN9O8S2. The van der Waals surface area contributed by atoms with E-state index in [9.17, 15) is 38.7 Å². The van der Waals surface area contributed by atoms with E-state index >= 15 is 0 Å². The molecule has 290 valence electrons. The molecular weight excluding hydrogens is 750 g/mol. The van der Waals surface area contributed by atoms with Gasteiger partial charge in [0, 0.05) is 25.3 Å².